The van der Waals surface area contributed by atoms with Gasteiger partial charge in [-0.25, -0.2) is 4.79 Å². The summed E-state index contributed by atoms with van der Waals surface area (Å²) in [5, 5.41) is 0. The lowest BCUT2D eigenvalue weighted by atomic mass is 10.3. The lowest BCUT2D eigenvalue weighted by Gasteiger charge is -1.90. The van der Waals surface area contributed by atoms with Crippen LogP contribution in [-0.4, -0.2) is 12.2 Å². The molecule has 0 aromatic heterocycles. The Morgan fingerprint density at radius 3 is 2.50 bits per heavy atom. The third-order valence-corrected chi connectivity index (χ3v) is 1.08. The maximum atomic E-state index is 10.5. The van der Waals surface area contributed by atoms with Crippen LogP contribution in [-0.2, 0) is 9.63 Å². The maximum Gasteiger partial charge on any atom is 0.349 e. The predicted octanol–water partition coefficient (Wildman–Crippen LogP) is 0.954. The summed E-state index contributed by atoms with van der Waals surface area (Å²) in [6.07, 6.45) is 6.13. The molecule has 0 atom stereocenters. The molecule has 0 radical (unpaired) electrons. The second kappa shape index (κ2) is 6.30. The third-order valence-electron chi connectivity index (χ3n) is 1.08. The summed E-state index contributed by atoms with van der Waals surface area (Å²) >= 11 is 0. The molecular formula is C8H12N2O2. The Balaban J connectivity index is 4.21. The van der Waals surface area contributed by atoms with E-state index >= 15 is 0 Å². The zero-order chi connectivity index (χ0) is 9.40. The van der Waals surface area contributed by atoms with E-state index in [0.29, 0.717) is 5.70 Å². The predicted molar refractivity (Wildman–Crippen MR) is 47.3 cm³/mol. The fourth-order valence-corrected chi connectivity index (χ4v) is 0.556. The average molecular weight is 168 g/mol. The number of carbonyl (C=O) groups is 1. The Morgan fingerprint density at radius 2 is 2.08 bits per heavy atom. The van der Waals surface area contributed by atoms with Crippen LogP contribution in [0.15, 0.2) is 28.9 Å². The number of allylic oxidation sites excluding steroid dienone is 2. The number of hydrogen-bond donors (Lipinski definition) is 1. The number of aliphatic imine (C=N–C) groups is 1. The van der Waals surface area contributed by atoms with Gasteiger partial charge in [0.05, 0.1) is 5.70 Å². The van der Waals surface area contributed by atoms with E-state index in [9.17, 15) is 4.79 Å². The molecule has 0 aromatic rings. The van der Waals surface area contributed by atoms with Gasteiger partial charge in [0.1, 0.15) is 0 Å². The van der Waals surface area contributed by atoms with E-state index in [0.717, 1.165) is 0 Å². The number of hydrogen-bond acceptors (Lipinski definition) is 4. The largest absolute Gasteiger partial charge is 0.370 e. The van der Waals surface area contributed by atoms with Crippen molar-refractivity contribution in [3.05, 3.63) is 23.9 Å². The van der Waals surface area contributed by atoms with E-state index < -0.39 is 5.97 Å². The highest BCUT2D eigenvalue weighted by atomic mass is 16.7. The van der Waals surface area contributed by atoms with E-state index in [1.54, 1.807) is 19.2 Å². The van der Waals surface area contributed by atoms with Crippen molar-refractivity contribution in [2.24, 2.45) is 10.9 Å². The number of nitrogens with two attached hydrogens (primary N) is 1. The molecule has 0 bridgehead atoms. The summed E-state index contributed by atoms with van der Waals surface area (Å²) < 4.78 is 0. The number of nitrogens with zero attached hydrogens (tertiary/aromatic N) is 1. The second-order valence-corrected chi connectivity index (χ2v) is 1.87. The van der Waals surface area contributed by atoms with Crippen molar-refractivity contribution in [1.29, 1.82) is 0 Å². The second-order valence-electron chi connectivity index (χ2n) is 1.87. The van der Waals surface area contributed by atoms with E-state index in [2.05, 4.69) is 15.7 Å². The Morgan fingerprint density at radius 1 is 1.42 bits per heavy atom. The molecule has 0 saturated carbocycles. The van der Waals surface area contributed by atoms with Crippen LogP contribution in [0.2, 0.25) is 0 Å². The molecule has 0 unspecified atom stereocenters. The van der Waals surface area contributed by atoms with Gasteiger partial charge in [-0.15, -0.1) is 0 Å². The molecule has 0 aromatic carbocycles. The van der Waals surface area contributed by atoms with Crippen molar-refractivity contribution < 1.29 is 9.63 Å². The Labute approximate surface area is 71.4 Å². The van der Waals surface area contributed by atoms with Gasteiger partial charge in [-0.2, -0.15) is 5.90 Å². The van der Waals surface area contributed by atoms with Crippen LogP contribution in [0.3, 0.4) is 0 Å². The van der Waals surface area contributed by atoms with Crippen molar-refractivity contribution >= 4 is 12.2 Å². The van der Waals surface area contributed by atoms with Gasteiger partial charge in [0.2, 0.25) is 0 Å². The Bertz CT molecular complexity index is 229. The van der Waals surface area contributed by atoms with Crippen LogP contribution in [0.4, 0.5) is 0 Å². The lowest BCUT2D eigenvalue weighted by Crippen LogP contribution is -2.05. The molecule has 0 aliphatic carbocycles. The number of carbonyl (C=O) groups excluding carboxylic acids is 1. The van der Waals surface area contributed by atoms with Gasteiger partial charge in [0, 0.05) is 12.3 Å². The highest BCUT2D eigenvalue weighted by Gasteiger charge is 1.91. The van der Waals surface area contributed by atoms with E-state index in [1.807, 2.05) is 6.92 Å². The molecule has 2 N–H and O–H groups in total. The van der Waals surface area contributed by atoms with Crippen molar-refractivity contribution in [2.75, 3.05) is 0 Å². The molecule has 0 saturated heterocycles. The highest BCUT2D eigenvalue weighted by molar-refractivity contribution is 5.82. The first-order chi connectivity index (χ1) is 5.74. The minimum absolute atomic E-state index is 0.597. The molecule has 66 valence electrons. The first kappa shape index (κ1) is 10.6. The van der Waals surface area contributed by atoms with Crippen LogP contribution in [0.1, 0.15) is 13.8 Å². The summed E-state index contributed by atoms with van der Waals surface area (Å²) in [7, 11) is 0. The van der Waals surface area contributed by atoms with E-state index in [4.69, 9.17) is 0 Å². The Kier molecular flexibility index (Phi) is 5.55. The first-order valence-electron chi connectivity index (χ1n) is 3.48. The number of rotatable bonds is 3. The van der Waals surface area contributed by atoms with Crippen molar-refractivity contribution in [3.63, 3.8) is 0 Å². The Hall–Kier alpha value is -1.42. The van der Waals surface area contributed by atoms with Gasteiger partial charge in [-0.1, -0.05) is 6.08 Å². The minimum Gasteiger partial charge on any atom is -0.370 e. The van der Waals surface area contributed by atoms with Crippen LogP contribution < -0.4 is 5.90 Å². The van der Waals surface area contributed by atoms with Gasteiger partial charge < -0.3 is 4.84 Å². The molecule has 0 aliphatic rings. The van der Waals surface area contributed by atoms with Crippen molar-refractivity contribution in [3.8, 4) is 0 Å². The first-order valence-corrected chi connectivity index (χ1v) is 3.48. The normalized spacial score (nSPS) is 12.8. The zero-order valence-corrected chi connectivity index (χ0v) is 7.15. The minimum atomic E-state index is -0.597. The fourth-order valence-electron chi connectivity index (χ4n) is 0.556. The molecule has 0 fully saturated rings. The summed E-state index contributed by atoms with van der Waals surface area (Å²) in [6, 6.07) is 0. The SMILES string of the molecule is CC=NC(=C\C)/C=C/C(=O)ON. The monoisotopic (exact) mass is 168 g/mol. The molecule has 12 heavy (non-hydrogen) atoms. The summed E-state index contributed by atoms with van der Waals surface area (Å²) in [4.78, 5) is 18.4. The molecule has 0 rings (SSSR count). The molecule has 0 aliphatic heterocycles. The topological polar surface area (TPSA) is 64.7 Å². The molecule has 4 heteroatoms. The molecular weight excluding hydrogens is 156 g/mol. The third kappa shape index (κ3) is 4.40. The van der Waals surface area contributed by atoms with E-state index in [-0.39, 0.29) is 0 Å². The summed E-state index contributed by atoms with van der Waals surface area (Å²) in [5.74, 6) is 4.02. The van der Waals surface area contributed by atoms with Crippen LogP contribution in [0.25, 0.3) is 0 Å². The van der Waals surface area contributed by atoms with Crippen molar-refractivity contribution in [2.45, 2.75) is 13.8 Å². The van der Waals surface area contributed by atoms with Gasteiger partial charge in [0.15, 0.2) is 0 Å². The van der Waals surface area contributed by atoms with Crippen LogP contribution in [0.5, 0.6) is 0 Å². The van der Waals surface area contributed by atoms with E-state index in [1.165, 1.54) is 12.2 Å². The van der Waals surface area contributed by atoms with Gasteiger partial charge in [-0.3, -0.25) is 4.99 Å². The molecule has 0 amide bonds. The van der Waals surface area contributed by atoms with Gasteiger partial charge in [0.25, 0.3) is 0 Å². The van der Waals surface area contributed by atoms with Crippen LogP contribution >= 0.6 is 0 Å². The zero-order valence-electron chi connectivity index (χ0n) is 7.15. The molecule has 0 spiro atoms. The lowest BCUT2D eigenvalue weighted by molar-refractivity contribution is -0.138. The highest BCUT2D eigenvalue weighted by Crippen LogP contribution is 1.97. The maximum absolute atomic E-state index is 10.5. The van der Waals surface area contributed by atoms with Gasteiger partial charge >= 0.3 is 5.97 Å². The summed E-state index contributed by atoms with van der Waals surface area (Å²) in [6.45, 7) is 3.61. The molecule has 4 nitrogen and oxygen atoms in total. The standard InChI is InChI=1S/C8H12N2O2/c1-3-7(10-4-2)5-6-8(11)12-9/h3-6H,9H2,1-2H3/b6-5+,7-3-,10-4?. The van der Waals surface area contributed by atoms with Gasteiger partial charge in [-0.05, 0) is 19.9 Å². The van der Waals surface area contributed by atoms with Crippen LogP contribution in [0, 0.1) is 0 Å². The van der Waals surface area contributed by atoms with Crippen molar-refractivity contribution in [1.82, 2.24) is 0 Å². The quantitative estimate of drug-likeness (QED) is 0.295. The summed E-state index contributed by atoms with van der Waals surface area (Å²) in [5.41, 5.74) is 0.683. The average Bonchev–Trinajstić information content (AvgIpc) is 2.11. The fraction of sp³-hybridized carbons (Fsp3) is 0.250. The smallest absolute Gasteiger partial charge is 0.349 e. The molecule has 0 heterocycles.